The Morgan fingerprint density at radius 3 is 2.86 bits per heavy atom. The molecule has 0 radical (unpaired) electrons. The monoisotopic (exact) mass is 211 g/mol. The van der Waals surface area contributed by atoms with Gasteiger partial charge in [-0.1, -0.05) is 6.92 Å². The number of thiophene rings is 1. The molecule has 0 aliphatic rings. The van der Waals surface area contributed by atoms with E-state index in [0.717, 1.165) is 6.54 Å². The second-order valence-electron chi connectivity index (χ2n) is 3.92. The van der Waals surface area contributed by atoms with Gasteiger partial charge in [-0.15, -0.1) is 11.3 Å². The van der Waals surface area contributed by atoms with E-state index in [2.05, 4.69) is 37.5 Å². The van der Waals surface area contributed by atoms with Crippen LogP contribution in [0.4, 0.5) is 0 Å². The third kappa shape index (κ3) is 3.81. The smallest absolute Gasteiger partial charge is 0.00749 e. The molecule has 1 aromatic rings. The molecule has 14 heavy (non-hydrogen) atoms. The molecule has 80 valence electrons. The van der Waals surface area contributed by atoms with Gasteiger partial charge in [-0.05, 0) is 56.7 Å². The summed E-state index contributed by atoms with van der Waals surface area (Å²) < 4.78 is 0. The molecule has 2 heteroatoms. The van der Waals surface area contributed by atoms with Gasteiger partial charge < -0.3 is 5.32 Å². The lowest BCUT2D eigenvalue weighted by Crippen LogP contribution is -2.27. The van der Waals surface area contributed by atoms with Crippen molar-refractivity contribution in [1.82, 2.24) is 5.32 Å². The van der Waals surface area contributed by atoms with Gasteiger partial charge in [0, 0.05) is 10.9 Å². The van der Waals surface area contributed by atoms with Crippen molar-refractivity contribution >= 4 is 11.3 Å². The van der Waals surface area contributed by atoms with Crippen LogP contribution < -0.4 is 5.32 Å². The Morgan fingerprint density at radius 2 is 2.29 bits per heavy atom. The van der Waals surface area contributed by atoms with Crippen LogP contribution in [-0.4, -0.2) is 12.6 Å². The predicted molar refractivity (Wildman–Crippen MR) is 65.1 cm³/mol. The third-order valence-electron chi connectivity index (χ3n) is 2.52. The van der Waals surface area contributed by atoms with Gasteiger partial charge in [0.15, 0.2) is 0 Å². The van der Waals surface area contributed by atoms with Crippen LogP contribution in [-0.2, 0) is 6.42 Å². The fraction of sp³-hybridized carbons (Fsp3) is 0.667. The Morgan fingerprint density at radius 1 is 1.50 bits per heavy atom. The minimum absolute atomic E-state index is 0.649. The number of hydrogen-bond acceptors (Lipinski definition) is 2. The van der Waals surface area contributed by atoms with Crippen molar-refractivity contribution < 1.29 is 0 Å². The first kappa shape index (κ1) is 11.7. The lowest BCUT2D eigenvalue weighted by molar-refractivity contribution is 0.515. The number of rotatable bonds is 6. The second-order valence-corrected chi connectivity index (χ2v) is 4.92. The molecule has 1 unspecified atom stereocenters. The van der Waals surface area contributed by atoms with Crippen molar-refractivity contribution in [3.63, 3.8) is 0 Å². The van der Waals surface area contributed by atoms with Crippen LogP contribution in [0.5, 0.6) is 0 Å². The standard InChI is InChI=1S/C12H21NS/c1-4-8-13-11(3)5-6-12-10(2)7-9-14-12/h7,9,11,13H,4-6,8H2,1-3H3. The first-order valence-electron chi connectivity index (χ1n) is 5.50. The van der Waals surface area contributed by atoms with Crippen molar-refractivity contribution in [3.8, 4) is 0 Å². The lowest BCUT2D eigenvalue weighted by atomic mass is 10.1. The molecule has 1 atom stereocenters. The van der Waals surface area contributed by atoms with E-state index in [-0.39, 0.29) is 0 Å². The van der Waals surface area contributed by atoms with Crippen LogP contribution >= 0.6 is 11.3 Å². The highest BCUT2D eigenvalue weighted by Gasteiger charge is 2.03. The molecule has 1 heterocycles. The average Bonchev–Trinajstić information content (AvgIpc) is 2.58. The summed E-state index contributed by atoms with van der Waals surface area (Å²) in [6.45, 7) is 7.84. The van der Waals surface area contributed by atoms with E-state index in [4.69, 9.17) is 0 Å². The zero-order valence-corrected chi connectivity index (χ0v) is 10.3. The van der Waals surface area contributed by atoms with Crippen LogP contribution in [0.1, 0.15) is 37.1 Å². The van der Waals surface area contributed by atoms with E-state index < -0.39 is 0 Å². The molecule has 0 bridgehead atoms. The van der Waals surface area contributed by atoms with Gasteiger partial charge in [-0.25, -0.2) is 0 Å². The molecule has 0 aliphatic heterocycles. The SMILES string of the molecule is CCCNC(C)CCc1sccc1C. The minimum Gasteiger partial charge on any atom is -0.314 e. The van der Waals surface area contributed by atoms with Gasteiger partial charge in [-0.2, -0.15) is 0 Å². The lowest BCUT2D eigenvalue weighted by Gasteiger charge is -2.12. The van der Waals surface area contributed by atoms with E-state index in [0.29, 0.717) is 6.04 Å². The zero-order chi connectivity index (χ0) is 10.4. The van der Waals surface area contributed by atoms with Crippen molar-refractivity contribution in [1.29, 1.82) is 0 Å². The van der Waals surface area contributed by atoms with Crippen LogP contribution in [0.15, 0.2) is 11.4 Å². The Hall–Kier alpha value is -0.340. The second kappa shape index (κ2) is 6.20. The maximum absolute atomic E-state index is 3.52. The maximum Gasteiger partial charge on any atom is 0.00749 e. The summed E-state index contributed by atoms with van der Waals surface area (Å²) in [5, 5.41) is 5.71. The van der Waals surface area contributed by atoms with Gasteiger partial charge in [0.2, 0.25) is 0 Å². The Labute approximate surface area is 91.5 Å². The topological polar surface area (TPSA) is 12.0 Å². The van der Waals surface area contributed by atoms with Gasteiger partial charge in [0.05, 0.1) is 0 Å². The summed E-state index contributed by atoms with van der Waals surface area (Å²) >= 11 is 1.89. The molecule has 1 nitrogen and oxygen atoms in total. The van der Waals surface area contributed by atoms with Gasteiger partial charge >= 0.3 is 0 Å². The number of nitrogens with one attached hydrogen (secondary N) is 1. The maximum atomic E-state index is 3.52. The first-order valence-corrected chi connectivity index (χ1v) is 6.38. The normalized spacial score (nSPS) is 13.1. The molecule has 0 saturated heterocycles. The Balaban J connectivity index is 2.23. The van der Waals surface area contributed by atoms with Crippen molar-refractivity contribution in [2.75, 3.05) is 6.54 Å². The Bertz CT molecular complexity index is 255. The Kier molecular flexibility index (Phi) is 5.20. The van der Waals surface area contributed by atoms with Crippen LogP contribution in [0.25, 0.3) is 0 Å². The van der Waals surface area contributed by atoms with Crippen molar-refractivity contribution in [2.45, 2.75) is 46.1 Å². The molecule has 0 amide bonds. The van der Waals surface area contributed by atoms with Gasteiger partial charge in [-0.3, -0.25) is 0 Å². The number of aryl methyl sites for hydroxylation is 2. The molecule has 1 N–H and O–H groups in total. The molecular weight excluding hydrogens is 190 g/mol. The summed E-state index contributed by atoms with van der Waals surface area (Å²) in [6.07, 6.45) is 3.70. The molecule has 1 aromatic heterocycles. The highest BCUT2D eigenvalue weighted by atomic mass is 32.1. The fourth-order valence-electron chi connectivity index (χ4n) is 1.50. The molecule has 0 aromatic carbocycles. The highest BCUT2D eigenvalue weighted by molar-refractivity contribution is 7.10. The van der Waals surface area contributed by atoms with Crippen LogP contribution in [0.3, 0.4) is 0 Å². The van der Waals surface area contributed by atoms with Gasteiger partial charge in [0.25, 0.3) is 0 Å². The molecule has 0 spiro atoms. The van der Waals surface area contributed by atoms with Crippen LogP contribution in [0.2, 0.25) is 0 Å². The summed E-state index contributed by atoms with van der Waals surface area (Å²) in [6, 6.07) is 2.86. The van der Waals surface area contributed by atoms with E-state index in [1.165, 1.54) is 24.8 Å². The molecule has 0 saturated carbocycles. The number of hydrogen-bond donors (Lipinski definition) is 1. The summed E-state index contributed by atoms with van der Waals surface area (Å²) in [5.74, 6) is 0. The molecule has 1 rings (SSSR count). The van der Waals surface area contributed by atoms with Crippen molar-refractivity contribution in [3.05, 3.63) is 21.9 Å². The van der Waals surface area contributed by atoms with E-state index in [9.17, 15) is 0 Å². The third-order valence-corrected chi connectivity index (χ3v) is 3.60. The molecule has 0 fully saturated rings. The average molecular weight is 211 g/mol. The van der Waals surface area contributed by atoms with E-state index >= 15 is 0 Å². The summed E-state index contributed by atoms with van der Waals surface area (Å²) in [4.78, 5) is 1.55. The van der Waals surface area contributed by atoms with Crippen LogP contribution in [0, 0.1) is 6.92 Å². The summed E-state index contributed by atoms with van der Waals surface area (Å²) in [5.41, 5.74) is 1.46. The highest BCUT2D eigenvalue weighted by Crippen LogP contribution is 2.17. The first-order chi connectivity index (χ1) is 6.74. The van der Waals surface area contributed by atoms with Gasteiger partial charge in [0.1, 0.15) is 0 Å². The zero-order valence-electron chi connectivity index (χ0n) is 9.47. The van der Waals surface area contributed by atoms with Crippen molar-refractivity contribution in [2.24, 2.45) is 0 Å². The van der Waals surface area contributed by atoms with E-state index in [1.54, 1.807) is 4.88 Å². The minimum atomic E-state index is 0.649. The fourth-order valence-corrected chi connectivity index (χ4v) is 2.43. The predicted octanol–water partition coefficient (Wildman–Crippen LogP) is 3.38. The quantitative estimate of drug-likeness (QED) is 0.760. The summed E-state index contributed by atoms with van der Waals surface area (Å²) in [7, 11) is 0. The molecule has 0 aliphatic carbocycles. The largest absolute Gasteiger partial charge is 0.314 e. The van der Waals surface area contributed by atoms with E-state index in [1.807, 2.05) is 11.3 Å². The molecular formula is C12H21NS.